The van der Waals surface area contributed by atoms with Gasteiger partial charge in [-0.3, -0.25) is 4.90 Å². The molecule has 0 amide bonds. The Morgan fingerprint density at radius 2 is 2.00 bits per heavy atom. The topological polar surface area (TPSA) is 19.0 Å². The molecular weight excluding hydrogens is 251 g/mol. The molecule has 1 aromatic heterocycles. The Kier molecular flexibility index (Phi) is 3.03. The van der Waals surface area contributed by atoms with Gasteiger partial charge in [0.1, 0.15) is 5.82 Å². The SMILES string of the molecule is Fc1ccc2[nH]cc(C3CCCN4CCCCC34)c2c1. The van der Waals surface area contributed by atoms with Crippen LogP contribution in [0.3, 0.4) is 0 Å². The summed E-state index contributed by atoms with van der Waals surface area (Å²) >= 11 is 0. The van der Waals surface area contributed by atoms with Gasteiger partial charge in [-0.25, -0.2) is 4.39 Å². The first-order valence-corrected chi connectivity index (χ1v) is 7.83. The number of halogens is 1. The van der Waals surface area contributed by atoms with E-state index in [0.717, 1.165) is 10.9 Å². The van der Waals surface area contributed by atoms with Gasteiger partial charge in [-0.1, -0.05) is 6.42 Å². The summed E-state index contributed by atoms with van der Waals surface area (Å²) in [5.74, 6) is 0.439. The highest BCUT2D eigenvalue weighted by atomic mass is 19.1. The number of aromatic nitrogens is 1. The maximum atomic E-state index is 13.6. The number of nitrogens with one attached hydrogen (secondary N) is 1. The molecule has 0 aliphatic carbocycles. The van der Waals surface area contributed by atoms with Crippen LogP contribution in [0.2, 0.25) is 0 Å². The summed E-state index contributed by atoms with van der Waals surface area (Å²) in [7, 11) is 0. The van der Waals surface area contributed by atoms with Crippen LogP contribution in [0, 0.1) is 5.82 Å². The summed E-state index contributed by atoms with van der Waals surface area (Å²) in [4.78, 5) is 5.99. The lowest BCUT2D eigenvalue weighted by molar-refractivity contribution is 0.0898. The number of rotatable bonds is 1. The number of piperidine rings is 2. The third-order valence-corrected chi connectivity index (χ3v) is 5.16. The lowest BCUT2D eigenvalue weighted by Gasteiger charge is -2.44. The Labute approximate surface area is 119 Å². The predicted octanol–water partition coefficient (Wildman–Crippen LogP) is 4.04. The third-order valence-electron chi connectivity index (χ3n) is 5.16. The van der Waals surface area contributed by atoms with Crippen molar-refractivity contribution in [3.8, 4) is 0 Å². The number of nitrogens with zero attached hydrogens (tertiary/aromatic N) is 1. The molecule has 4 rings (SSSR count). The van der Waals surface area contributed by atoms with Crippen molar-refractivity contribution >= 4 is 10.9 Å². The van der Waals surface area contributed by atoms with Crippen LogP contribution < -0.4 is 0 Å². The molecule has 2 saturated heterocycles. The van der Waals surface area contributed by atoms with E-state index < -0.39 is 0 Å². The van der Waals surface area contributed by atoms with Gasteiger partial charge in [0, 0.05) is 29.1 Å². The van der Waals surface area contributed by atoms with Crippen molar-refractivity contribution in [3.05, 3.63) is 35.8 Å². The van der Waals surface area contributed by atoms with Crippen LogP contribution in [-0.4, -0.2) is 29.0 Å². The highest BCUT2D eigenvalue weighted by molar-refractivity contribution is 5.83. The summed E-state index contributed by atoms with van der Waals surface area (Å²) in [6, 6.07) is 5.76. The van der Waals surface area contributed by atoms with E-state index in [0.29, 0.717) is 12.0 Å². The second-order valence-electron chi connectivity index (χ2n) is 6.28. The van der Waals surface area contributed by atoms with Gasteiger partial charge in [-0.05, 0) is 62.5 Å². The molecule has 1 N–H and O–H groups in total. The number of fused-ring (bicyclic) bond motifs is 2. The van der Waals surface area contributed by atoms with E-state index in [1.54, 1.807) is 6.07 Å². The molecule has 2 nitrogen and oxygen atoms in total. The lowest BCUT2D eigenvalue weighted by Crippen LogP contribution is -2.46. The number of aromatic amines is 1. The van der Waals surface area contributed by atoms with Crippen LogP contribution in [0.4, 0.5) is 4.39 Å². The molecule has 0 bridgehead atoms. The van der Waals surface area contributed by atoms with Gasteiger partial charge in [0.05, 0.1) is 0 Å². The second kappa shape index (κ2) is 4.88. The van der Waals surface area contributed by atoms with Crippen LogP contribution in [0.25, 0.3) is 10.9 Å². The summed E-state index contributed by atoms with van der Waals surface area (Å²) in [6.07, 6.45) is 8.60. The summed E-state index contributed by atoms with van der Waals surface area (Å²) in [5, 5.41) is 1.09. The zero-order valence-corrected chi connectivity index (χ0v) is 11.7. The van der Waals surface area contributed by atoms with Crippen LogP contribution in [0.1, 0.15) is 43.6 Å². The molecule has 2 aliphatic rings. The smallest absolute Gasteiger partial charge is 0.123 e. The first-order chi connectivity index (χ1) is 9.83. The van der Waals surface area contributed by atoms with Crippen molar-refractivity contribution in [2.24, 2.45) is 0 Å². The largest absolute Gasteiger partial charge is 0.361 e. The van der Waals surface area contributed by atoms with Gasteiger partial charge in [-0.2, -0.15) is 0 Å². The fraction of sp³-hybridized carbons (Fsp3) is 0.529. The fourth-order valence-corrected chi connectivity index (χ4v) is 4.24. The zero-order chi connectivity index (χ0) is 13.5. The number of hydrogen-bond acceptors (Lipinski definition) is 1. The summed E-state index contributed by atoms with van der Waals surface area (Å²) in [6.45, 7) is 2.50. The van der Waals surface area contributed by atoms with E-state index >= 15 is 0 Å². The van der Waals surface area contributed by atoms with E-state index in [1.165, 1.54) is 56.8 Å². The van der Waals surface area contributed by atoms with Crippen LogP contribution in [0.5, 0.6) is 0 Å². The van der Waals surface area contributed by atoms with Gasteiger partial charge in [0.2, 0.25) is 0 Å². The lowest BCUT2D eigenvalue weighted by atomic mass is 9.79. The molecule has 20 heavy (non-hydrogen) atoms. The van der Waals surface area contributed by atoms with Gasteiger partial charge < -0.3 is 4.98 Å². The maximum Gasteiger partial charge on any atom is 0.123 e. The first-order valence-electron chi connectivity index (χ1n) is 7.83. The van der Waals surface area contributed by atoms with Crippen molar-refractivity contribution in [3.63, 3.8) is 0 Å². The maximum absolute atomic E-state index is 13.6. The molecule has 3 heteroatoms. The van der Waals surface area contributed by atoms with Crippen molar-refractivity contribution < 1.29 is 4.39 Å². The van der Waals surface area contributed by atoms with E-state index in [2.05, 4.69) is 16.1 Å². The summed E-state index contributed by atoms with van der Waals surface area (Å²) in [5.41, 5.74) is 2.39. The second-order valence-corrected chi connectivity index (χ2v) is 6.28. The Morgan fingerprint density at radius 3 is 2.95 bits per heavy atom. The van der Waals surface area contributed by atoms with E-state index in [4.69, 9.17) is 0 Å². The van der Waals surface area contributed by atoms with Gasteiger partial charge in [-0.15, -0.1) is 0 Å². The molecule has 2 unspecified atom stereocenters. The highest BCUT2D eigenvalue weighted by Crippen LogP contribution is 2.40. The van der Waals surface area contributed by atoms with Crippen molar-refractivity contribution in [2.45, 2.75) is 44.1 Å². The molecule has 2 atom stereocenters. The van der Waals surface area contributed by atoms with E-state index in [1.807, 2.05) is 6.07 Å². The molecule has 2 aliphatic heterocycles. The molecule has 2 aromatic rings. The van der Waals surface area contributed by atoms with Crippen LogP contribution in [0.15, 0.2) is 24.4 Å². The molecule has 0 saturated carbocycles. The number of benzene rings is 1. The van der Waals surface area contributed by atoms with Crippen molar-refractivity contribution in [2.75, 3.05) is 13.1 Å². The Bertz CT molecular complexity index is 616. The van der Waals surface area contributed by atoms with Gasteiger partial charge >= 0.3 is 0 Å². The molecular formula is C17H21FN2. The average Bonchev–Trinajstić information content (AvgIpc) is 2.89. The quantitative estimate of drug-likeness (QED) is 0.830. The third kappa shape index (κ3) is 1.96. The first kappa shape index (κ1) is 12.4. The molecule has 3 heterocycles. The van der Waals surface area contributed by atoms with Crippen molar-refractivity contribution in [1.29, 1.82) is 0 Å². The van der Waals surface area contributed by atoms with E-state index in [-0.39, 0.29) is 5.82 Å². The van der Waals surface area contributed by atoms with Crippen molar-refractivity contribution in [1.82, 2.24) is 9.88 Å². The molecule has 1 aromatic carbocycles. The minimum absolute atomic E-state index is 0.130. The Balaban J connectivity index is 1.75. The number of H-pyrrole nitrogens is 1. The fourth-order valence-electron chi connectivity index (χ4n) is 4.24. The predicted molar refractivity (Wildman–Crippen MR) is 79.4 cm³/mol. The van der Waals surface area contributed by atoms with Gasteiger partial charge in [0.25, 0.3) is 0 Å². The normalized spacial score (nSPS) is 27.6. The minimum Gasteiger partial charge on any atom is -0.361 e. The number of hydrogen-bond donors (Lipinski definition) is 1. The molecule has 0 radical (unpaired) electrons. The Hall–Kier alpha value is -1.35. The van der Waals surface area contributed by atoms with Crippen LogP contribution >= 0.6 is 0 Å². The highest BCUT2D eigenvalue weighted by Gasteiger charge is 2.34. The monoisotopic (exact) mass is 272 g/mol. The minimum atomic E-state index is -0.130. The molecule has 2 fully saturated rings. The van der Waals surface area contributed by atoms with Gasteiger partial charge in [0.15, 0.2) is 0 Å². The zero-order valence-electron chi connectivity index (χ0n) is 11.7. The van der Waals surface area contributed by atoms with E-state index in [9.17, 15) is 4.39 Å². The average molecular weight is 272 g/mol. The summed E-state index contributed by atoms with van der Waals surface area (Å²) < 4.78 is 13.6. The Morgan fingerprint density at radius 1 is 1.10 bits per heavy atom. The molecule has 106 valence electrons. The standard InChI is InChI=1S/C17H21FN2/c18-12-6-7-16-14(10-12)15(11-19-16)13-4-3-9-20-8-2-1-5-17(13)20/h6-7,10-11,13,17,19H,1-5,8-9H2. The van der Waals surface area contributed by atoms with Crippen LogP contribution in [-0.2, 0) is 0 Å². The molecule has 0 spiro atoms.